The van der Waals surface area contributed by atoms with E-state index in [-0.39, 0.29) is 18.6 Å². The molecule has 1 aromatic rings. The first-order valence-electron chi connectivity index (χ1n) is 5.68. The highest BCUT2D eigenvalue weighted by Gasteiger charge is 2.32. The Morgan fingerprint density at radius 1 is 1.41 bits per heavy atom. The van der Waals surface area contributed by atoms with Crippen molar-refractivity contribution in [2.24, 2.45) is 0 Å². The molecule has 1 saturated carbocycles. The minimum Gasteiger partial charge on any atom is -0.395 e. The molecule has 0 unspecified atom stereocenters. The lowest BCUT2D eigenvalue weighted by Gasteiger charge is -2.21. The quantitative estimate of drug-likeness (QED) is 0.844. The first kappa shape index (κ1) is 11.6. The van der Waals surface area contributed by atoms with E-state index in [9.17, 15) is 4.79 Å². The molecule has 0 heterocycles. The molecule has 0 saturated heterocycles. The minimum atomic E-state index is -0.0639. The largest absolute Gasteiger partial charge is 0.395 e. The lowest BCUT2D eigenvalue weighted by molar-refractivity contribution is 0.0707. The smallest absolute Gasteiger partial charge is 0.254 e. The van der Waals surface area contributed by atoms with E-state index in [2.05, 4.69) is 0 Å². The van der Waals surface area contributed by atoms with Crippen LogP contribution in [0.3, 0.4) is 0 Å². The molecule has 1 aliphatic carbocycles. The highest BCUT2D eigenvalue weighted by molar-refractivity contribution is 5.94. The van der Waals surface area contributed by atoms with Crippen molar-refractivity contribution < 1.29 is 9.90 Å². The maximum absolute atomic E-state index is 12.1. The van der Waals surface area contributed by atoms with Crippen molar-refractivity contribution in [2.45, 2.75) is 18.9 Å². The third-order valence-corrected chi connectivity index (χ3v) is 2.85. The molecule has 1 N–H and O–H groups in total. The summed E-state index contributed by atoms with van der Waals surface area (Å²) in [5.74, 6) is -0.0639. The van der Waals surface area contributed by atoms with Crippen molar-refractivity contribution in [3.63, 3.8) is 0 Å². The maximum atomic E-state index is 12.1. The van der Waals surface area contributed by atoms with Gasteiger partial charge in [0.2, 0.25) is 0 Å². The number of hydrogen-bond donors (Lipinski definition) is 1. The van der Waals surface area contributed by atoms with E-state index in [1.807, 2.05) is 6.07 Å². The number of benzene rings is 1. The third kappa shape index (κ3) is 2.63. The predicted molar refractivity (Wildman–Crippen MR) is 62.3 cm³/mol. The Bertz CT molecular complexity index is 443. The summed E-state index contributed by atoms with van der Waals surface area (Å²) in [6.45, 7) is 0.363. The van der Waals surface area contributed by atoms with Crippen LogP contribution in [0.25, 0.3) is 0 Å². The zero-order valence-electron chi connectivity index (χ0n) is 9.47. The van der Waals surface area contributed by atoms with Crippen LogP contribution in [-0.4, -0.2) is 35.1 Å². The van der Waals surface area contributed by atoms with Crippen molar-refractivity contribution in [1.29, 1.82) is 5.26 Å². The van der Waals surface area contributed by atoms with Crippen LogP contribution in [-0.2, 0) is 0 Å². The van der Waals surface area contributed by atoms with Crippen LogP contribution in [0.1, 0.15) is 28.8 Å². The van der Waals surface area contributed by atoms with E-state index in [1.54, 1.807) is 29.2 Å². The van der Waals surface area contributed by atoms with Crippen molar-refractivity contribution in [3.8, 4) is 6.07 Å². The molecule has 1 fully saturated rings. The number of carbonyl (C=O) groups excluding carboxylic acids is 1. The van der Waals surface area contributed by atoms with Crippen molar-refractivity contribution >= 4 is 5.91 Å². The van der Waals surface area contributed by atoms with Gasteiger partial charge in [0.05, 0.1) is 18.2 Å². The van der Waals surface area contributed by atoms with Crippen LogP contribution in [0.4, 0.5) is 0 Å². The number of nitriles is 1. The summed E-state index contributed by atoms with van der Waals surface area (Å²) in [6, 6.07) is 8.89. The molecule has 0 aromatic heterocycles. The van der Waals surface area contributed by atoms with Gasteiger partial charge in [-0.25, -0.2) is 0 Å². The second kappa shape index (κ2) is 4.98. The SMILES string of the molecule is N#Cc1ccc(C(=O)N(CCO)C2CC2)cc1. The van der Waals surface area contributed by atoms with Crippen molar-refractivity contribution in [1.82, 2.24) is 4.90 Å². The van der Waals surface area contributed by atoms with Crippen LogP contribution in [0.2, 0.25) is 0 Å². The Hall–Kier alpha value is -1.86. The number of rotatable bonds is 4. The number of carbonyl (C=O) groups is 1. The van der Waals surface area contributed by atoms with Gasteiger partial charge in [-0.15, -0.1) is 0 Å². The molecule has 1 amide bonds. The fourth-order valence-electron chi connectivity index (χ4n) is 1.80. The second-order valence-electron chi connectivity index (χ2n) is 4.14. The summed E-state index contributed by atoms with van der Waals surface area (Å²) in [6.07, 6.45) is 2.03. The van der Waals surface area contributed by atoms with Gasteiger partial charge < -0.3 is 10.0 Å². The first-order chi connectivity index (χ1) is 8.26. The van der Waals surface area contributed by atoms with Crippen molar-refractivity contribution in [3.05, 3.63) is 35.4 Å². The Morgan fingerprint density at radius 3 is 2.53 bits per heavy atom. The summed E-state index contributed by atoms with van der Waals surface area (Å²) in [5, 5.41) is 17.6. The maximum Gasteiger partial charge on any atom is 0.254 e. The van der Waals surface area contributed by atoms with E-state index in [1.165, 1.54) is 0 Å². The molecule has 88 valence electrons. The summed E-state index contributed by atoms with van der Waals surface area (Å²) in [4.78, 5) is 13.9. The first-order valence-corrected chi connectivity index (χ1v) is 5.68. The predicted octanol–water partition coefficient (Wildman–Crippen LogP) is 1.16. The molecule has 0 atom stereocenters. The Kier molecular flexibility index (Phi) is 3.40. The van der Waals surface area contributed by atoms with Gasteiger partial charge in [-0.3, -0.25) is 4.79 Å². The Balaban J connectivity index is 2.14. The lowest BCUT2D eigenvalue weighted by Crippen LogP contribution is -2.35. The van der Waals surface area contributed by atoms with E-state index >= 15 is 0 Å². The van der Waals surface area contributed by atoms with E-state index in [0.29, 0.717) is 17.7 Å². The fourth-order valence-corrected chi connectivity index (χ4v) is 1.80. The molecular weight excluding hydrogens is 216 g/mol. The summed E-state index contributed by atoms with van der Waals surface area (Å²) < 4.78 is 0. The molecule has 2 rings (SSSR count). The minimum absolute atomic E-state index is 0.0154. The van der Waals surface area contributed by atoms with Gasteiger partial charge in [0, 0.05) is 18.2 Å². The van der Waals surface area contributed by atoms with E-state index in [4.69, 9.17) is 10.4 Å². The highest BCUT2D eigenvalue weighted by Crippen LogP contribution is 2.27. The molecule has 0 radical (unpaired) electrons. The fraction of sp³-hybridized carbons (Fsp3) is 0.385. The average Bonchev–Trinajstić information content (AvgIpc) is 3.19. The van der Waals surface area contributed by atoms with E-state index < -0.39 is 0 Å². The van der Waals surface area contributed by atoms with Gasteiger partial charge >= 0.3 is 0 Å². The second-order valence-corrected chi connectivity index (χ2v) is 4.14. The number of nitrogens with zero attached hydrogens (tertiary/aromatic N) is 2. The molecule has 1 aliphatic rings. The standard InChI is InChI=1S/C13H14N2O2/c14-9-10-1-3-11(4-2-10)13(17)15(7-8-16)12-5-6-12/h1-4,12,16H,5-8H2. The summed E-state index contributed by atoms with van der Waals surface area (Å²) in [7, 11) is 0. The summed E-state index contributed by atoms with van der Waals surface area (Å²) in [5.41, 5.74) is 1.12. The number of aliphatic hydroxyl groups excluding tert-OH is 1. The van der Waals surface area contributed by atoms with Gasteiger partial charge in [0.15, 0.2) is 0 Å². The number of hydrogen-bond acceptors (Lipinski definition) is 3. The van der Waals surface area contributed by atoms with Crippen molar-refractivity contribution in [2.75, 3.05) is 13.2 Å². The zero-order valence-corrected chi connectivity index (χ0v) is 9.47. The van der Waals surface area contributed by atoms with Gasteiger partial charge in [-0.1, -0.05) is 0 Å². The Morgan fingerprint density at radius 2 is 2.06 bits per heavy atom. The topological polar surface area (TPSA) is 64.3 Å². The van der Waals surface area contributed by atoms with Crippen LogP contribution < -0.4 is 0 Å². The monoisotopic (exact) mass is 230 g/mol. The van der Waals surface area contributed by atoms with Crippen LogP contribution in [0.15, 0.2) is 24.3 Å². The number of amides is 1. The van der Waals surface area contributed by atoms with E-state index in [0.717, 1.165) is 12.8 Å². The lowest BCUT2D eigenvalue weighted by atomic mass is 10.1. The third-order valence-electron chi connectivity index (χ3n) is 2.85. The molecule has 4 heteroatoms. The summed E-state index contributed by atoms with van der Waals surface area (Å²) >= 11 is 0. The molecule has 0 bridgehead atoms. The average molecular weight is 230 g/mol. The van der Waals surface area contributed by atoms with Gasteiger partial charge in [0.25, 0.3) is 5.91 Å². The van der Waals surface area contributed by atoms with Gasteiger partial charge in [-0.05, 0) is 37.1 Å². The molecule has 4 nitrogen and oxygen atoms in total. The molecule has 1 aromatic carbocycles. The molecule has 0 aliphatic heterocycles. The number of aliphatic hydroxyl groups is 1. The van der Waals surface area contributed by atoms with Crippen LogP contribution in [0, 0.1) is 11.3 Å². The normalized spacial score (nSPS) is 14.1. The highest BCUT2D eigenvalue weighted by atomic mass is 16.3. The molecular formula is C13H14N2O2. The Labute approximate surface area is 100 Å². The van der Waals surface area contributed by atoms with Gasteiger partial charge in [-0.2, -0.15) is 5.26 Å². The molecule has 0 spiro atoms. The zero-order chi connectivity index (χ0) is 12.3. The van der Waals surface area contributed by atoms with Crippen LogP contribution >= 0.6 is 0 Å². The van der Waals surface area contributed by atoms with Gasteiger partial charge in [0.1, 0.15) is 0 Å². The van der Waals surface area contributed by atoms with Crippen LogP contribution in [0.5, 0.6) is 0 Å². The molecule has 17 heavy (non-hydrogen) atoms.